The smallest absolute Gasteiger partial charge is 0.168 e. The molecule has 1 aliphatic carbocycles. The molecule has 1 aliphatic heterocycles. The van der Waals surface area contributed by atoms with Crippen LogP contribution in [0.25, 0.3) is 0 Å². The van der Waals surface area contributed by atoms with Gasteiger partial charge in [0.2, 0.25) is 0 Å². The highest BCUT2D eigenvalue weighted by molar-refractivity contribution is 5.30. The molecule has 1 atom stereocenters. The largest absolute Gasteiger partial charge is 0.505 e. The van der Waals surface area contributed by atoms with E-state index in [-0.39, 0.29) is 17.9 Å². The summed E-state index contributed by atoms with van der Waals surface area (Å²) in [6.07, 6.45) is 2.39. The highest BCUT2D eigenvalue weighted by Gasteiger charge is 2.47. The third-order valence-corrected chi connectivity index (χ3v) is 5.25. The molecule has 2 N–H and O–H groups in total. The molecule has 0 amide bonds. The highest BCUT2D eigenvalue weighted by Crippen LogP contribution is 2.44. The maximum absolute atomic E-state index is 13.9. The summed E-state index contributed by atoms with van der Waals surface area (Å²) in [6, 6.07) is 1.77. The fourth-order valence-electron chi connectivity index (χ4n) is 3.60. The van der Waals surface area contributed by atoms with Gasteiger partial charge in [-0.2, -0.15) is 0 Å². The molecule has 1 spiro atoms. The molecule has 4 nitrogen and oxygen atoms in total. The number of hydrogen-bond donors (Lipinski definition) is 2. The van der Waals surface area contributed by atoms with Gasteiger partial charge in [-0.15, -0.1) is 0 Å². The van der Waals surface area contributed by atoms with E-state index >= 15 is 0 Å². The van der Waals surface area contributed by atoms with Gasteiger partial charge in [0, 0.05) is 18.9 Å². The molecule has 2 aliphatic rings. The normalized spacial score (nSPS) is 24.0. The molecule has 0 radical (unpaired) electrons. The SMILES string of the molecule is CC(Cc1cc(F)c(O)cc1F)C1(O)CCC2(CC1)OCCO2. The zero-order valence-corrected chi connectivity index (χ0v) is 13.1. The summed E-state index contributed by atoms with van der Waals surface area (Å²) in [6.45, 7) is 2.98. The standard InChI is InChI=1S/C17H22F2O4/c1-11(8-12-9-14(19)15(20)10-13(12)18)16(21)2-4-17(5-3-16)22-6-7-23-17/h9-11,20-21H,2-8H2,1H3. The van der Waals surface area contributed by atoms with Crippen molar-refractivity contribution in [3.63, 3.8) is 0 Å². The Morgan fingerprint density at radius 1 is 1.09 bits per heavy atom. The number of phenols is 1. The van der Waals surface area contributed by atoms with Gasteiger partial charge in [-0.05, 0) is 36.8 Å². The summed E-state index contributed by atoms with van der Waals surface area (Å²) in [5.41, 5.74) is -0.795. The second-order valence-electron chi connectivity index (χ2n) is 6.71. The van der Waals surface area contributed by atoms with Crippen LogP contribution in [-0.2, 0) is 15.9 Å². The van der Waals surface area contributed by atoms with Crippen LogP contribution in [0.5, 0.6) is 5.75 Å². The lowest BCUT2D eigenvalue weighted by Crippen LogP contribution is -2.47. The van der Waals surface area contributed by atoms with Gasteiger partial charge in [0.25, 0.3) is 0 Å². The molecule has 3 rings (SSSR count). The molecule has 1 unspecified atom stereocenters. The lowest BCUT2D eigenvalue weighted by atomic mass is 9.72. The van der Waals surface area contributed by atoms with E-state index in [9.17, 15) is 19.0 Å². The number of rotatable bonds is 3. The zero-order valence-electron chi connectivity index (χ0n) is 13.1. The van der Waals surface area contributed by atoms with Gasteiger partial charge >= 0.3 is 0 Å². The first-order valence-electron chi connectivity index (χ1n) is 8.01. The van der Waals surface area contributed by atoms with E-state index in [1.54, 1.807) is 0 Å². The Hall–Kier alpha value is -1.24. The molecule has 1 saturated carbocycles. The lowest BCUT2D eigenvalue weighted by Gasteiger charge is -2.43. The van der Waals surface area contributed by atoms with E-state index in [2.05, 4.69) is 0 Å². The van der Waals surface area contributed by atoms with Gasteiger partial charge in [0.15, 0.2) is 17.4 Å². The van der Waals surface area contributed by atoms with Crippen molar-refractivity contribution in [2.24, 2.45) is 5.92 Å². The lowest BCUT2D eigenvalue weighted by molar-refractivity contribution is -0.209. The molecule has 23 heavy (non-hydrogen) atoms. The van der Waals surface area contributed by atoms with Crippen LogP contribution in [0.1, 0.15) is 38.2 Å². The molecule has 2 fully saturated rings. The average molecular weight is 328 g/mol. The predicted molar refractivity (Wildman–Crippen MR) is 78.9 cm³/mol. The maximum Gasteiger partial charge on any atom is 0.168 e. The van der Waals surface area contributed by atoms with Crippen LogP contribution >= 0.6 is 0 Å². The van der Waals surface area contributed by atoms with Crippen LogP contribution in [0.15, 0.2) is 12.1 Å². The summed E-state index contributed by atoms with van der Waals surface area (Å²) in [5, 5.41) is 20.1. The van der Waals surface area contributed by atoms with E-state index in [1.807, 2.05) is 6.92 Å². The van der Waals surface area contributed by atoms with E-state index in [4.69, 9.17) is 9.47 Å². The van der Waals surface area contributed by atoms with Gasteiger partial charge in [0.05, 0.1) is 18.8 Å². The number of aromatic hydroxyl groups is 1. The van der Waals surface area contributed by atoms with Gasteiger partial charge in [-0.25, -0.2) is 8.78 Å². The van der Waals surface area contributed by atoms with E-state index in [0.29, 0.717) is 38.9 Å². The topological polar surface area (TPSA) is 58.9 Å². The molecule has 1 aromatic rings. The number of benzene rings is 1. The molecule has 1 heterocycles. The Bertz CT molecular complexity index is 574. The van der Waals surface area contributed by atoms with Crippen molar-refractivity contribution >= 4 is 0 Å². The number of hydrogen-bond acceptors (Lipinski definition) is 4. The highest BCUT2D eigenvalue weighted by atomic mass is 19.1. The minimum absolute atomic E-state index is 0.162. The van der Waals surface area contributed by atoms with Gasteiger partial charge in [-0.3, -0.25) is 0 Å². The van der Waals surface area contributed by atoms with Gasteiger partial charge in [-0.1, -0.05) is 6.92 Å². The number of aliphatic hydroxyl groups is 1. The minimum atomic E-state index is -0.957. The number of ether oxygens (including phenoxy) is 2. The van der Waals surface area contributed by atoms with Crippen LogP contribution in [-0.4, -0.2) is 34.8 Å². The first-order chi connectivity index (χ1) is 10.8. The Morgan fingerprint density at radius 3 is 2.30 bits per heavy atom. The molecule has 128 valence electrons. The van der Waals surface area contributed by atoms with Crippen molar-refractivity contribution in [1.82, 2.24) is 0 Å². The van der Waals surface area contributed by atoms with Gasteiger partial charge < -0.3 is 19.7 Å². The summed E-state index contributed by atoms with van der Waals surface area (Å²) in [5.74, 6) is -3.03. The second-order valence-corrected chi connectivity index (χ2v) is 6.71. The summed E-state index contributed by atoms with van der Waals surface area (Å²) in [4.78, 5) is 0. The molecule has 1 saturated heterocycles. The molecular weight excluding hydrogens is 306 g/mol. The zero-order chi connectivity index (χ0) is 16.7. The van der Waals surface area contributed by atoms with E-state index in [0.717, 1.165) is 12.1 Å². The van der Waals surface area contributed by atoms with Crippen molar-refractivity contribution in [1.29, 1.82) is 0 Å². The Kier molecular flexibility index (Phi) is 4.33. The predicted octanol–water partition coefficient (Wildman–Crippen LogP) is 2.90. The van der Waals surface area contributed by atoms with Gasteiger partial charge in [0.1, 0.15) is 5.82 Å². The van der Waals surface area contributed by atoms with Crippen LogP contribution in [0.2, 0.25) is 0 Å². The molecule has 0 bridgehead atoms. The summed E-state index contributed by atoms with van der Waals surface area (Å²) < 4.78 is 38.6. The van der Waals surface area contributed by atoms with Crippen molar-refractivity contribution in [2.45, 2.75) is 50.4 Å². The van der Waals surface area contributed by atoms with Crippen LogP contribution in [0.3, 0.4) is 0 Å². The Balaban J connectivity index is 1.68. The van der Waals surface area contributed by atoms with E-state index < -0.39 is 28.8 Å². The van der Waals surface area contributed by atoms with Crippen molar-refractivity contribution in [3.05, 3.63) is 29.3 Å². The van der Waals surface area contributed by atoms with Crippen LogP contribution in [0, 0.1) is 17.6 Å². The Morgan fingerprint density at radius 2 is 1.70 bits per heavy atom. The fraction of sp³-hybridized carbons (Fsp3) is 0.647. The van der Waals surface area contributed by atoms with E-state index in [1.165, 1.54) is 0 Å². The second kappa shape index (κ2) is 6.00. The number of halogens is 2. The summed E-state index contributed by atoms with van der Waals surface area (Å²) in [7, 11) is 0. The van der Waals surface area contributed by atoms with Crippen molar-refractivity contribution in [2.75, 3.05) is 13.2 Å². The van der Waals surface area contributed by atoms with Crippen LogP contribution < -0.4 is 0 Å². The first-order valence-corrected chi connectivity index (χ1v) is 8.01. The molecule has 0 aromatic heterocycles. The number of phenolic OH excluding ortho intramolecular Hbond substituents is 1. The summed E-state index contributed by atoms with van der Waals surface area (Å²) >= 11 is 0. The third-order valence-electron chi connectivity index (χ3n) is 5.25. The molecule has 6 heteroatoms. The van der Waals surface area contributed by atoms with Crippen molar-refractivity contribution < 1.29 is 28.5 Å². The fourth-order valence-corrected chi connectivity index (χ4v) is 3.60. The first kappa shape index (κ1) is 16.6. The third kappa shape index (κ3) is 3.20. The minimum Gasteiger partial charge on any atom is -0.505 e. The van der Waals surface area contributed by atoms with Crippen molar-refractivity contribution in [3.8, 4) is 5.75 Å². The monoisotopic (exact) mass is 328 g/mol. The average Bonchev–Trinajstić information content (AvgIpc) is 2.97. The van der Waals surface area contributed by atoms with Crippen LogP contribution in [0.4, 0.5) is 8.78 Å². The molecule has 1 aromatic carbocycles. The Labute approximate surface area is 134 Å². The molecular formula is C17H22F2O4. The quantitative estimate of drug-likeness (QED) is 0.896. The maximum atomic E-state index is 13.9.